The third-order valence-electron chi connectivity index (χ3n) is 4.33. The number of hydrogen-bond donors (Lipinski definition) is 0. The van der Waals surface area contributed by atoms with Gasteiger partial charge in [-0.05, 0) is 24.1 Å². The average molecular weight is 376 g/mol. The highest BCUT2D eigenvalue weighted by Crippen LogP contribution is 2.35. The summed E-state index contributed by atoms with van der Waals surface area (Å²) in [6.07, 6.45) is 0. The van der Waals surface area contributed by atoms with E-state index in [4.69, 9.17) is 13.9 Å². The zero-order chi connectivity index (χ0) is 20.1. The Bertz CT molecular complexity index is 1010. The third-order valence-corrected chi connectivity index (χ3v) is 4.33. The van der Waals surface area contributed by atoms with Crippen molar-refractivity contribution in [3.05, 3.63) is 94.9 Å². The highest BCUT2D eigenvalue weighted by molar-refractivity contribution is 6.26. The van der Waals surface area contributed by atoms with E-state index in [1.54, 1.807) is 13.0 Å². The molecule has 0 spiro atoms. The van der Waals surface area contributed by atoms with Gasteiger partial charge in [-0.2, -0.15) is 0 Å². The Kier molecular flexibility index (Phi) is 5.75. The lowest BCUT2D eigenvalue weighted by Crippen LogP contribution is -2.07. The molecule has 0 bridgehead atoms. The first kappa shape index (κ1) is 19.2. The van der Waals surface area contributed by atoms with Gasteiger partial charge in [-0.15, -0.1) is 0 Å². The van der Waals surface area contributed by atoms with Gasteiger partial charge in [-0.1, -0.05) is 60.7 Å². The van der Waals surface area contributed by atoms with Crippen molar-refractivity contribution in [2.75, 3.05) is 14.2 Å². The topological polar surface area (TPSA) is 65.7 Å². The molecule has 0 N–H and O–H groups in total. The smallest absolute Gasteiger partial charge is 0.341 e. The lowest BCUT2D eigenvalue weighted by atomic mass is 9.92. The largest absolute Gasteiger partial charge is 0.465 e. The second-order valence-electron chi connectivity index (χ2n) is 6.05. The first-order chi connectivity index (χ1) is 13.6. The van der Waals surface area contributed by atoms with Crippen LogP contribution in [0.3, 0.4) is 0 Å². The fraction of sp³-hybridized carbons (Fsp3) is 0.130. The number of furan rings is 1. The molecule has 1 heterocycles. The average Bonchev–Trinajstić information content (AvgIpc) is 3.13. The minimum Gasteiger partial charge on any atom is -0.465 e. The van der Waals surface area contributed by atoms with Crippen LogP contribution in [0.25, 0.3) is 11.1 Å². The molecule has 0 unspecified atom stereocenters. The first-order valence-corrected chi connectivity index (χ1v) is 8.69. The lowest BCUT2D eigenvalue weighted by Gasteiger charge is -2.13. The van der Waals surface area contributed by atoms with Crippen LogP contribution in [-0.2, 0) is 14.3 Å². The molecule has 0 aliphatic heterocycles. The van der Waals surface area contributed by atoms with Gasteiger partial charge in [0.05, 0.1) is 19.8 Å². The van der Waals surface area contributed by atoms with Crippen molar-refractivity contribution in [1.29, 1.82) is 0 Å². The van der Waals surface area contributed by atoms with Crippen molar-refractivity contribution in [3.63, 3.8) is 0 Å². The SMILES string of the molecule is COC(=O)/C(=C(\c1ccccc1)c1cc(C(=O)OC)c(C)o1)c1ccccc1. The Morgan fingerprint density at radius 1 is 0.821 bits per heavy atom. The maximum atomic E-state index is 12.8. The van der Waals surface area contributed by atoms with Gasteiger partial charge in [-0.3, -0.25) is 0 Å². The quantitative estimate of drug-likeness (QED) is 0.372. The number of aryl methyl sites for hydroxylation is 1. The number of hydrogen-bond acceptors (Lipinski definition) is 5. The zero-order valence-corrected chi connectivity index (χ0v) is 15.9. The van der Waals surface area contributed by atoms with E-state index in [-0.39, 0.29) is 0 Å². The summed E-state index contributed by atoms with van der Waals surface area (Å²) in [5.41, 5.74) is 2.64. The summed E-state index contributed by atoms with van der Waals surface area (Å²) in [6.45, 7) is 1.68. The van der Waals surface area contributed by atoms with E-state index in [1.165, 1.54) is 14.2 Å². The van der Waals surface area contributed by atoms with Crippen LogP contribution in [0.5, 0.6) is 0 Å². The number of esters is 2. The fourth-order valence-corrected chi connectivity index (χ4v) is 3.00. The maximum Gasteiger partial charge on any atom is 0.341 e. The Morgan fingerprint density at radius 3 is 1.93 bits per heavy atom. The minimum absolute atomic E-state index is 0.309. The normalized spacial score (nSPS) is 11.5. The van der Waals surface area contributed by atoms with Crippen LogP contribution < -0.4 is 0 Å². The molecule has 2 aromatic carbocycles. The summed E-state index contributed by atoms with van der Waals surface area (Å²) >= 11 is 0. The number of benzene rings is 2. The van der Waals surface area contributed by atoms with E-state index in [0.717, 1.165) is 5.56 Å². The number of methoxy groups -OCH3 is 2. The van der Waals surface area contributed by atoms with Gasteiger partial charge in [0.15, 0.2) is 0 Å². The van der Waals surface area contributed by atoms with Gasteiger partial charge in [0.1, 0.15) is 17.1 Å². The molecule has 0 amide bonds. The molecule has 142 valence electrons. The molecule has 5 nitrogen and oxygen atoms in total. The predicted octanol–water partition coefficient (Wildman–Crippen LogP) is 4.51. The number of carbonyl (C=O) groups excluding carboxylic acids is 2. The van der Waals surface area contributed by atoms with Gasteiger partial charge in [0.25, 0.3) is 0 Å². The highest BCUT2D eigenvalue weighted by atomic mass is 16.5. The van der Waals surface area contributed by atoms with Crippen molar-refractivity contribution < 1.29 is 23.5 Å². The lowest BCUT2D eigenvalue weighted by molar-refractivity contribution is -0.133. The van der Waals surface area contributed by atoms with E-state index < -0.39 is 11.9 Å². The van der Waals surface area contributed by atoms with Gasteiger partial charge >= 0.3 is 11.9 Å². The highest BCUT2D eigenvalue weighted by Gasteiger charge is 2.25. The third kappa shape index (κ3) is 3.74. The molecule has 3 rings (SSSR count). The molecular formula is C23H20O5. The Labute approximate surface area is 163 Å². The molecular weight excluding hydrogens is 356 g/mol. The molecule has 5 heteroatoms. The van der Waals surface area contributed by atoms with Crippen LogP contribution in [0.4, 0.5) is 0 Å². The minimum atomic E-state index is -0.501. The molecule has 28 heavy (non-hydrogen) atoms. The molecule has 0 aliphatic rings. The summed E-state index contributed by atoms with van der Waals surface area (Å²) in [7, 11) is 2.65. The van der Waals surface area contributed by atoms with E-state index >= 15 is 0 Å². The van der Waals surface area contributed by atoms with E-state index in [2.05, 4.69) is 0 Å². The molecule has 0 saturated carbocycles. The second-order valence-corrected chi connectivity index (χ2v) is 6.05. The molecule has 0 atom stereocenters. The van der Waals surface area contributed by atoms with E-state index in [9.17, 15) is 9.59 Å². The van der Waals surface area contributed by atoms with Gasteiger partial charge in [0, 0.05) is 5.57 Å². The van der Waals surface area contributed by atoms with Gasteiger partial charge in [0.2, 0.25) is 0 Å². The molecule has 0 radical (unpaired) electrons. The summed E-state index contributed by atoms with van der Waals surface area (Å²) in [6, 6.07) is 20.2. The van der Waals surface area contributed by atoms with Crippen LogP contribution in [0.1, 0.15) is 33.0 Å². The van der Waals surface area contributed by atoms with Crippen molar-refractivity contribution in [2.45, 2.75) is 6.92 Å². The molecule has 0 fully saturated rings. The fourth-order valence-electron chi connectivity index (χ4n) is 3.00. The van der Waals surface area contributed by atoms with Gasteiger partial charge in [-0.25, -0.2) is 9.59 Å². The summed E-state index contributed by atoms with van der Waals surface area (Å²) < 4.78 is 15.8. The van der Waals surface area contributed by atoms with Crippen LogP contribution in [0, 0.1) is 6.92 Å². The molecule has 0 saturated heterocycles. The van der Waals surface area contributed by atoms with E-state index in [1.807, 2.05) is 60.7 Å². The monoisotopic (exact) mass is 376 g/mol. The zero-order valence-electron chi connectivity index (χ0n) is 15.9. The Hall–Kier alpha value is -3.60. The standard InChI is InChI=1S/C23H20O5/c1-15-18(22(24)26-2)14-19(28-15)20(16-10-6-4-7-11-16)21(23(25)27-3)17-12-8-5-9-13-17/h4-14H,1-3H3/b21-20+. The van der Waals surface area contributed by atoms with Crippen molar-refractivity contribution in [2.24, 2.45) is 0 Å². The Morgan fingerprint density at radius 2 is 1.39 bits per heavy atom. The van der Waals surface area contributed by atoms with E-state index in [0.29, 0.717) is 33.8 Å². The maximum absolute atomic E-state index is 12.8. The summed E-state index contributed by atoms with van der Waals surface area (Å²) in [4.78, 5) is 24.8. The predicted molar refractivity (Wildman–Crippen MR) is 106 cm³/mol. The number of rotatable bonds is 5. The summed E-state index contributed by atoms with van der Waals surface area (Å²) in [5, 5.41) is 0. The Balaban J connectivity index is 2.35. The molecule has 0 aliphatic carbocycles. The molecule has 3 aromatic rings. The number of carbonyl (C=O) groups is 2. The first-order valence-electron chi connectivity index (χ1n) is 8.69. The van der Waals surface area contributed by atoms with Crippen molar-refractivity contribution >= 4 is 23.1 Å². The van der Waals surface area contributed by atoms with Crippen LogP contribution >= 0.6 is 0 Å². The van der Waals surface area contributed by atoms with Crippen LogP contribution in [0.2, 0.25) is 0 Å². The van der Waals surface area contributed by atoms with Gasteiger partial charge < -0.3 is 13.9 Å². The van der Waals surface area contributed by atoms with Crippen molar-refractivity contribution in [1.82, 2.24) is 0 Å². The summed E-state index contributed by atoms with van der Waals surface area (Å²) in [5.74, 6) is -0.209. The van der Waals surface area contributed by atoms with Crippen LogP contribution in [0.15, 0.2) is 71.1 Å². The second kappa shape index (κ2) is 8.39. The molecule has 1 aromatic heterocycles. The van der Waals surface area contributed by atoms with Crippen LogP contribution in [-0.4, -0.2) is 26.2 Å². The number of ether oxygens (including phenoxy) is 2. The van der Waals surface area contributed by atoms with Crippen molar-refractivity contribution in [3.8, 4) is 0 Å².